The lowest BCUT2D eigenvalue weighted by atomic mass is 9.97. The van der Waals surface area contributed by atoms with Gasteiger partial charge >= 0.3 is 11.9 Å². The van der Waals surface area contributed by atoms with Gasteiger partial charge in [0.25, 0.3) is 0 Å². The van der Waals surface area contributed by atoms with Crippen LogP contribution in [0.5, 0.6) is 23.1 Å². The Kier molecular flexibility index (Phi) is 6.28. The van der Waals surface area contributed by atoms with Crippen LogP contribution in [0, 0.1) is 5.82 Å². The van der Waals surface area contributed by atoms with Crippen molar-refractivity contribution in [1.29, 1.82) is 0 Å². The van der Waals surface area contributed by atoms with E-state index in [0.29, 0.717) is 24.2 Å². The fraction of sp³-hybridized carbons (Fsp3) is 0.192. The fourth-order valence-electron chi connectivity index (χ4n) is 3.99. The highest BCUT2D eigenvalue weighted by Gasteiger charge is 2.32. The average Bonchev–Trinajstić information content (AvgIpc) is 2.88. The molecule has 190 valence electrons. The van der Waals surface area contributed by atoms with Crippen molar-refractivity contribution >= 4 is 0 Å². The molecule has 11 heteroatoms. The Morgan fingerprint density at radius 2 is 1.84 bits per heavy atom. The standard InChI is InChI=1S/C26H19F4N3O4/c1-35-17-3-5-19-16(11-17)8-9-33-21(19)12-24(32-25(33)34)36-14-15-2-6-22(20(27)10-15)37-18-4-7-23(31-13-18)26(28,29)30/h2-7,10-13H,8-9,14H2,1H3. The molecule has 0 radical (unpaired) electrons. The monoisotopic (exact) mass is 513 g/mol. The number of hydrogen-bond donors (Lipinski definition) is 0. The molecule has 0 bridgehead atoms. The lowest BCUT2D eigenvalue weighted by molar-refractivity contribution is -0.141. The Morgan fingerprint density at radius 3 is 2.54 bits per heavy atom. The molecule has 0 spiro atoms. The number of benzene rings is 2. The number of hydrogen-bond acceptors (Lipinski definition) is 6. The first-order chi connectivity index (χ1) is 17.7. The number of fused-ring (bicyclic) bond motifs is 3. The number of aromatic nitrogens is 3. The van der Waals surface area contributed by atoms with Crippen LogP contribution in [0.1, 0.15) is 16.8 Å². The Bertz CT molecular complexity index is 1520. The van der Waals surface area contributed by atoms with Gasteiger partial charge < -0.3 is 14.2 Å². The Morgan fingerprint density at radius 1 is 1.03 bits per heavy atom. The van der Waals surface area contributed by atoms with Crippen LogP contribution in [-0.4, -0.2) is 21.6 Å². The number of pyridine rings is 1. The third kappa shape index (κ3) is 5.11. The number of halogens is 4. The zero-order chi connectivity index (χ0) is 26.2. The fourth-order valence-corrected chi connectivity index (χ4v) is 3.99. The van der Waals surface area contributed by atoms with E-state index in [1.807, 2.05) is 18.2 Å². The quantitative estimate of drug-likeness (QED) is 0.322. The maximum Gasteiger partial charge on any atom is 0.433 e. The Hall–Kier alpha value is -4.41. The van der Waals surface area contributed by atoms with Gasteiger partial charge in [0, 0.05) is 18.2 Å². The van der Waals surface area contributed by atoms with E-state index < -0.39 is 23.4 Å². The van der Waals surface area contributed by atoms with E-state index in [1.165, 1.54) is 18.2 Å². The van der Waals surface area contributed by atoms with Crippen LogP contribution < -0.4 is 19.9 Å². The van der Waals surface area contributed by atoms with Gasteiger partial charge in [0.1, 0.15) is 23.8 Å². The van der Waals surface area contributed by atoms with Gasteiger partial charge in [0.2, 0.25) is 5.88 Å². The van der Waals surface area contributed by atoms with Crippen LogP contribution in [0.4, 0.5) is 17.6 Å². The molecule has 0 fully saturated rings. The van der Waals surface area contributed by atoms with Crippen molar-refractivity contribution in [1.82, 2.24) is 14.5 Å². The van der Waals surface area contributed by atoms with Crippen molar-refractivity contribution in [3.8, 4) is 34.4 Å². The van der Waals surface area contributed by atoms with E-state index in [-0.39, 0.29) is 24.0 Å². The zero-order valence-electron chi connectivity index (χ0n) is 19.4. The van der Waals surface area contributed by atoms with Gasteiger partial charge in [-0.25, -0.2) is 14.2 Å². The van der Waals surface area contributed by atoms with E-state index in [0.717, 1.165) is 35.2 Å². The molecule has 2 aromatic carbocycles. The first-order valence-electron chi connectivity index (χ1n) is 11.1. The van der Waals surface area contributed by atoms with E-state index >= 15 is 0 Å². The summed E-state index contributed by atoms with van der Waals surface area (Å²) in [6, 6.07) is 13.1. The summed E-state index contributed by atoms with van der Waals surface area (Å²) < 4.78 is 70.4. The predicted octanol–water partition coefficient (Wildman–Crippen LogP) is 5.40. The molecule has 1 aliphatic rings. The molecule has 5 rings (SSSR count). The molecular formula is C26H19F4N3O4. The lowest BCUT2D eigenvalue weighted by Crippen LogP contribution is -2.28. The molecule has 4 aromatic rings. The maximum absolute atomic E-state index is 14.6. The van der Waals surface area contributed by atoms with Crippen LogP contribution in [0.2, 0.25) is 0 Å². The van der Waals surface area contributed by atoms with E-state index in [4.69, 9.17) is 14.2 Å². The number of methoxy groups -OCH3 is 1. The van der Waals surface area contributed by atoms with Crippen molar-refractivity contribution in [2.45, 2.75) is 25.7 Å². The van der Waals surface area contributed by atoms with Crippen molar-refractivity contribution in [2.75, 3.05) is 7.11 Å². The summed E-state index contributed by atoms with van der Waals surface area (Å²) in [4.78, 5) is 19.8. The van der Waals surface area contributed by atoms with Gasteiger partial charge in [-0.05, 0) is 60.0 Å². The number of alkyl halides is 3. The minimum atomic E-state index is -4.58. The summed E-state index contributed by atoms with van der Waals surface area (Å²) in [5.74, 6) is -0.169. The van der Waals surface area contributed by atoms with Crippen LogP contribution in [0.3, 0.4) is 0 Å². The maximum atomic E-state index is 14.6. The average molecular weight is 513 g/mol. The largest absolute Gasteiger partial charge is 0.497 e. The number of nitrogens with zero attached hydrogens (tertiary/aromatic N) is 3. The van der Waals surface area contributed by atoms with E-state index in [2.05, 4.69) is 9.97 Å². The summed E-state index contributed by atoms with van der Waals surface area (Å²) in [6.45, 7) is 0.396. The summed E-state index contributed by atoms with van der Waals surface area (Å²) >= 11 is 0. The minimum absolute atomic E-state index is 0.0486. The molecule has 0 saturated heterocycles. The molecule has 0 atom stereocenters. The van der Waals surface area contributed by atoms with Gasteiger partial charge in [-0.3, -0.25) is 4.57 Å². The van der Waals surface area contributed by atoms with Gasteiger partial charge in [0.15, 0.2) is 11.6 Å². The molecule has 0 N–H and O–H groups in total. The SMILES string of the molecule is COc1ccc2c(c1)CCn1c-2cc(OCc2ccc(Oc3ccc(C(F)(F)F)nc3)c(F)c2)nc1=O. The molecule has 0 saturated carbocycles. The molecule has 2 aromatic heterocycles. The molecule has 3 heterocycles. The third-order valence-electron chi connectivity index (χ3n) is 5.82. The van der Waals surface area contributed by atoms with Gasteiger partial charge in [0.05, 0.1) is 19.0 Å². The highest BCUT2D eigenvalue weighted by Crippen LogP contribution is 2.33. The highest BCUT2D eigenvalue weighted by atomic mass is 19.4. The topological polar surface area (TPSA) is 75.5 Å². The highest BCUT2D eigenvalue weighted by molar-refractivity contribution is 5.67. The smallest absolute Gasteiger partial charge is 0.433 e. The first kappa shape index (κ1) is 24.3. The first-order valence-corrected chi connectivity index (χ1v) is 11.1. The normalized spacial score (nSPS) is 12.5. The number of ether oxygens (including phenoxy) is 3. The van der Waals surface area contributed by atoms with Crippen LogP contribution in [0.25, 0.3) is 11.3 Å². The second-order valence-electron chi connectivity index (χ2n) is 8.22. The van der Waals surface area contributed by atoms with E-state index in [1.54, 1.807) is 17.7 Å². The molecule has 0 aliphatic carbocycles. The second kappa shape index (κ2) is 9.57. The van der Waals surface area contributed by atoms with Gasteiger partial charge in [-0.2, -0.15) is 18.2 Å². The van der Waals surface area contributed by atoms with E-state index in [9.17, 15) is 22.4 Å². The number of rotatable bonds is 6. The molecule has 37 heavy (non-hydrogen) atoms. The molecule has 0 unspecified atom stereocenters. The summed E-state index contributed by atoms with van der Waals surface area (Å²) in [5, 5.41) is 0. The molecule has 7 nitrogen and oxygen atoms in total. The third-order valence-corrected chi connectivity index (χ3v) is 5.82. The van der Waals surface area contributed by atoms with Gasteiger partial charge in [-0.15, -0.1) is 0 Å². The number of aryl methyl sites for hydroxylation is 1. The summed E-state index contributed by atoms with van der Waals surface area (Å²) in [5.41, 5.74) is 1.48. The van der Waals surface area contributed by atoms with Crippen molar-refractivity contribution < 1.29 is 31.8 Å². The van der Waals surface area contributed by atoms with Crippen molar-refractivity contribution in [2.24, 2.45) is 0 Å². The Labute approximate surface area is 207 Å². The van der Waals surface area contributed by atoms with Crippen LogP contribution >= 0.6 is 0 Å². The summed E-state index contributed by atoms with van der Waals surface area (Å²) in [6.07, 6.45) is -3.05. The van der Waals surface area contributed by atoms with Crippen molar-refractivity contribution in [3.63, 3.8) is 0 Å². The zero-order valence-corrected chi connectivity index (χ0v) is 19.4. The molecular weight excluding hydrogens is 494 g/mol. The lowest BCUT2D eigenvalue weighted by Gasteiger charge is -2.22. The van der Waals surface area contributed by atoms with Crippen LogP contribution in [-0.2, 0) is 25.7 Å². The van der Waals surface area contributed by atoms with Gasteiger partial charge in [-0.1, -0.05) is 6.07 Å². The minimum Gasteiger partial charge on any atom is -0.497 e. The van der Waals surface area contributed by atoms with Crippen molar-refractivity contribution in [3.05, 3.63) is 93.9 Å². The summed E-state index contributed by atoms with van der Waals surface area (Å²) in [7, 11) is 1.59. The van der Waals surface area contributed by atoms with Crippen LogP contribution in [0.15, 0.2) is 65.6 Å². The Balaban J connectivity index is 1.30. The molecule has 1 aliphatic heterocycles. The second-order valence-corrected chi connectivity index (χ2v) is 8.22. The predicted molar refractivity (Wildman–Crippen MR) is 124 cm³/mol. The molecule has 0 amide bonds.